The summed E-state index contributed by atoms with van der Waals surface area (Å²) in [6.45, 7) is 5.41. The molecule has 0 spiro atoms. The number of hydrogen-bond acceptors (Lipinski definition) is 4. The van der Waals surface area contributed by atoms with Gasteiger partial charge in [0.1, 0.15) is 0 Å². The van der Waals surface area contributed by atoms with Gasteiger partial charge in [-0.15, -0.1) is 0 Å². The predicted molar refractivity (Wildman–Crippen MR) is 73.0 cm³/mol. The minimum Gasteiger partial charge on any atom is -0.375 e. The van der Waals surface area contributed by atoms with E-state index in [0.29, 0.717) is 12.6 Å². The molecule has 0 radical (unpaired) electrons. The van der Waals surface area contributed by atoms with Crippen LogP contribution in [0.25, 0.3) is 0 Å². The number of nitrogens with zero attached hydrogens (tertiary/aromatic N) is 1. The quantitative estimate of drug-likeness (QED) is 0.670. The molecule has 0 bridgehead atoms. The van der Waals surface area contributed by atoms with E-state index in [2.05, 4.69) is 19.2 Å². The number of rotatable bonds is 4. The summed E-state index contributed by atoms with van der Waals surface area (Å²) in [4.78, 5) is 10.6. The second-order valence-electron chi connectivity index (χ2n) is 5.56. The van der Waals surface area contributed by atoms with Crippen LogP contribution in [0.5, 0.6) is 0 Å². The first-order valence-electron chi connectivity index (χ1n) is 6.57. The number of nitrogens with one attached hydrogen (secondary N) is 1. The van der Waals surface area contributed by atoms with Crippen LogP contribution >= 0.6 is 0 Å². The van der Waals surface area contributed by atoms with Gasteiger partial charge in [-0.25, -0.2) is 0 Å². The third-order valence-electron chi connectivity index (χ3n) is 3.47. The van der Waals surface area contributed by atoms with Gasteiger partial charge in [-0.3, -0.25) is 10.1 Å². The van der Waals surface area contributed by atoms with Gasteiger partial charge in [0.15, 0.2) is 0 Å². The summed E-state index contributed by atoms with van der Waals surface area (Å²) < 4.78 is 5.66. The molecule has 2 rings (SSSR count). The maximum Gasteiger partial charge on any atom is 0.273 e. The van der Waals surface area contributed by atoms with Crippen LogP contribution < -0.4 is 5.32 Å². The first kappa shape index (κ1) is 14.0. The first-order chi connectivity index (χ1) is 8.98. The zero-order valence-electron chi connectivity index (χ0n) is 11.4. The fraction of sp³-hybridized carbons (Fsp3) is 0.571. The molecule has 0 aromatic heterocycles. The van der Waals surface area contributed by atoms with Crippen LogP contribution in [0, 0.1) is 10.1 Å². The zero-order chi connectivity index (χ0) is 13.9. The van der Waals surface area contributed by atoms with Gasteiger partial charge in [0.05, 0.1) is 10.5 Å². The number of nitro groups is 1. The third kappa shape index (κ3) is 3.75. The van der Waals surface area contributed by atoms with Crippen molar-refractivity contribution in [3.63, 3.8) is 0 Å². The summed E-state index contributed by atoms with van der Waals surface area (Å²) in [5.41, 5.74) is 0.802. The monoisotopic (exact) mass is 264 g/mol. The minimum absolute atomic E-state index is 0.113. The molecule has 1 unspecified atom stereocenters. The van der Waals surface area contributed by atoms with E-state index in [1.807, 2.05) is 6.07 Å². The third-order valence-corrected chi connectivity index (χ3v) is 3.47. The second-order valence-corrected chi connectivity index (χ2v) is 5.56. The van der Waals surface area contributed by atoms with E-state index in [9.17, 15) is 10.1 Å². The molecule has 1 fully saturated rings. The molecule has 19 heavy (non-hydrogen) atoms. The molecule has 5 heteroatoms. The lowest BCUT2D eigenvalue weighted by atomic mass is 9.94. The van der Waals surface area contributed by atoms with E-state index < -0.39 is 0 Å². The molecule has 1 aliphatic heterocycles. The Morgan fingerprint density at radius 1 is 1.47 bits per heavy atom. The van der Waals surface area contributed by atoms with Gasteiger partial charge in [-0.1, -0.05) is 18.2 Å². The number of nitro benzene ring substituents is 1. The van der Waals surface area contributed by atoms with E-state index in [4.69, 9.17) is 4.74 Å². The van der Waals surface area contributed by atoms with Gasteiger partial charge >= 0.3 is 0 Å². The summed E-state index contributed by atoms with van der Waals surface area (Å²) in [5.74, 6) is 0. The Bertz CT molecular complexity index is 460. The number of para-hydroxylation sites is 1. The number of ether oxygens (including phenoxy) is 1. The fourth-order valence-corrected chi connectivity index (χ4v) is 2.50. The van der Waals surface area contributed by atoms with E-state index in [1.54, 1.807) is 18.2 Å². The Morgan fingerprint density at radius 2 is 2.21 bits per heavy atom. The Kier molecular flexibility index (Phi) is 4.17. The predicted octanol–water partition coefficient (Wildman–Crippen LogP) is 2.64. The van der Waals surface area contributed by atoms with Crippen molar-refractivity contribution in [2.45, 2.75) is 44.9 Å². The highest BCUT2D eigenvalue weighted by molar-refractivity contribution is 5.39. The van der Waals surface area contributed by atoms with Crippen molar-refractivity contribution < 1.29 is 9.66 Å². The van der Waals surface area contributed by atoms with Crippen molar-refractivity contribution >= 4 is 5.69 Å². The molecule has 0 amide bonds. The molecule has 1 heterocycles. The smallest absolute Gasteiger partial charge is 0.273 e. The highest BCUT2D eigenvalue weighted by Gasteiger charge is 2.28. The van der Waals surface area contributed by atoms with Gasteiger partial charge in [0.25, 0.3) is 5.69 Å². The average molecular weight is 264 g/mol. The van der Waals surface area contributed by atoms with Crippen molar-refractivity contribution in [3.8, 4) is 0 Å². The number of benzene rings is 1. The van der Waals surface area contributed by atoms with Crippen LogP contribution in [0.1, 0.15) is 32.3 Å². The standard InChI is InChI=1S/C14H20N2O3/c1-14(2)9-12(7-8-19-14)15-10-11-5-3-4-6-13(11)16(17)18/h3-6,12,15H,7-10H2,1-2H3. The van der Waals surface area contributed by atoms with Crippen molar-refractivity contribution in [2.24, 2.45) is 0 Å². The van der Waals surface area contributed by atoms with Crippen LogP contribution in [0.15, 0.2) is 24.3 Å². The average Bonchev–Trinajstić information content (AvgIpc) is 2.35. The van der Waals surface area contributed by atoms with E-state index >= 15 is 0 Å². The van der Waals surface area contributed by atoms with Crippen molar-refractivity contribution in [1.29, 1.82) is 0 Å². The fourth-order valence-electron chi connectivity index (χ4n) is 2.50. The molecule has 1 aromatic rings. The molecule has 1 atom stereocenters. The van der Waals surface area contributed by atoms with Crippen LogP contribution in [-0.2, 0) is 11.3 Å². The van der Waals surface area contributed by atoms with Crippen LogP contribution in [0.3, 0.4) is 0 Å². The lowest BCUT2D eigenvalue weighted by Crippen LogP contribution is -2.43. The molecular formula is C14H20N2O3. The highest BCUT2D eigenvalue weighted by Crippen LogP contribution is 2.25. The summed E-state index contributed by atoms with van der Waals surface area (Å²) in [5, 5.41) is 14.3. The largest absolute Gasteiger partial charge is 0.375 e. The van der Waals surface area contributed by atoms with E-state index in [0.717, 1.165) is 25.0 Å². The van der Waals surface area contributed by atoms with Gasteiger partial charge < -0.3 is 10.1 Å². The highest BCUT2D eigenvalue weighted by atomic mass is 16.6. The molecule has 1 saturated heterocycles. The maximum atomic E-state index is 10.9. The molecule has 0 saturated carbocycles. The van der Waals surface area contributed by atoms with Gasteiger partial charge in [0, 0.05) is 30.8 Å². The lowest BCUT2D eigenvalue weighted by molar-refractivity contribution is -0.385. The zero-order valence-corrected chi connectivity index (χ0v) is 11.4. The SMILES string of the molecule is CC1(C)CC(NCc2ccccc2[N+](=O)[O-])CCO1. The van der Waals surface area contributed by atoms with Crippen LogP contribution in [0.4, 0.5) is 5.69 Å². The van der Waals surface area contributed by atoms with Gasteiger partial charge in [-0.2, -0.15) is 0 Å². The molecule has 1 aromatic carbocycles. The molecule has 5 nitrogen and oxygen atoms in total. The van der Waals surface area contributed by atoms with Gasteiger partial charge in [0.2, 0.25) is 0 Å². The molecular weight excluding hydrogens is 244 g/mol. The Labute approximate surface area is 113 Å². The molecule has 0 aliphatic carbocycles. The Hall–Kier alpha value is -1.46. The molecule has 1 aliphatic rings. The van der Waals surface area contributed by atoms with Crippen molar-refractivity contribution in [2.75, 3.05) is 6.61 Å². The molecule has 1 N–H and O–H groups in total. The minimum atomic E-state index is -0.328. The summed E-state index contributed by atoms with van der Waals surface area (Å²) in [7, 11) is 0. The second kappa shape index (κ2) is 5.67. The van der Waals surface area contributed by atoms with E-state index in [1.165, 1.54) is 0 Å². The summed E-state index contributed by atoms with van der Waals surface area (Å²) >= 11 is 0. The topological polar surface area (TPSA) is 64.4 Å². The first-order valence-corrected chi connectivity index (χ1v) is 6.57. The summed E-state index contributed by atoms with van der Waals surface area (Å²) in [6, 6.07) is 7.22. The lowest BCUT2D eigenvalue weighted by Gasteiger charge is -2.36. The Balaban J connectivity index is 1.97. The number of hydrogen-bond donors (Lipinski definition) is 1. The van der Waals surface area contributed by atoms with Crippen molar-refractivity contribution in [1.82, 2.24) is 5.32 Å². The van der Waals surface area contributed by atoms with E-state index in [-0.39, 0.29) is 16.2 Å². The van der Waals surface area contributed by atoms with Gasteiger partial charge in [-0.05, 0) is 26.7 Å². The van der Waals surface area contributed by atoms with Crippen molar-refractivity contribution in [3.05, 3.63) is 39.9 Å². The summed E-state index contributed by atoms with van der Waals surface area (Å²) in [6.07, 6.45) is 1.87. The molecule has 104 valence electrons. The van der Waals surface area contributed by atoms with Crippen LogP contribution in [-0.4, -0.2) is 23.2 Å². The normalized spacial score (nSPS) is 22.1. The van der Waals surface area contributed by atoms with Crippen LogP contribution in [0.2, 0.25) is 0 Å². The maximum absolute atomic E-state index is 10.9. The Morgan fingerprint density at radius 3 is 2.89 bits per heavy atom.